The summed E-state index contributed by atoms with van der Waals surface area (Å²) in [5.74, 6) is -0.266. The van der Waals surface area contributed by atoms with Crippen molar-refractivity contribution >= 4 is 34.1 Å². The van der Waals surface area contributed by atoms with Crippen LogP contribution in [0.15, 0.2) is 63.1 Å². The fraction of sp³-hybridized carbons (Fsp3) is 0.217. The smallest absolute Gasteiger partial charge is 0.333 e. The van der Waals surface area contributed by atoms with Gasteiger partial charge in [0.25, 0.3) is 5.56 Å². The molecule has 10 heteroatoms. The molecule has 3 aromatic rings. The molecule has 0 aliphatic rings. The topological polar surface area (TPSA) is 115 Å². The van der Waals surface area contributed by atoms with Crippen molar-refractivity contribution in [1.29, 1.82) is 0 Å². The molecule has 3 rings (SSSR count). The minimum Gasteiger partial charge on any atom is -0.497 e. The molecule has 0 saturated heterocycles. The monoisotopic (exact) mass is 468 g/mol. The van der Waals surface area contributed by atoms with Gasteiger partial charge < -0.3 is 15.2 Å². The van der Waals surface area contributed by atoms with Crippen LogP contribution >= 0.6 is 11.8 Å². The predicted octanol–water partition coefficient (Wildman–Crippen LogP) is 2.56. The number of anilines is 1. The van der Waals surface area contributed by atoms with Crippen LogP contribution in [0.1, 0.15) is 11.1 Å². The van der Waals surface area contributed by atoms with E-state index in [1.54, 1.807) is 43.5 Å². The number of nitrogens with one attached hydrogen (secondary N) is 1. The normalized spacial score (nSPS) is 11.3. The van der Waals surface area contributed by atoms with Gasteiger partial charge in [-0.2, -0.15) is 0 Å². The number of ether oxygens (including phenoxy) is 1. The highest BCUT2D eigenvalue weighted by atomic mass is 32.2. The average molecular weight is 469 g/mol. The number of carbonyl (C=O) groups excluding carboxylic acids is 1. The molecule has 0 saturated carbocycles. The molecule has 33 heavy (non-hydrogen) atoms. The molecule has 2 aromatic carbocycles. The Morgan fingerprint density at radius 2 is 1.70 bits per heavy atom. The number of methoxy groups -OCH3 is 1. The van der Waals surface area contributed by atoms with Crippen molar-refractivity contribution in [3.8, 4) is 11.6 Å². The predicted molar refractivity (Wildman–Crippen MR) is 130 cm³/mol. The number of aromatic nitrogens is 2. The lowest BCUT2D eigenvalue weighted by Crippen LogP contribution is -2.39. The van der Waals surface area contributed by atoms with Gasteiger partial charge in [0.05, 0.1) is 18.6 Å². The Morgan fingerprint density at radius 1 is 1.06 bits per heavy atom. The molecule has 172 valence electrons. The van der Waals surface area contributed by atoms with Crippen LogP contribution in [0.3, 0.4) is 0 Å². The summed E-state index contributed by atoms with van der Waals surface area (Å²) in [5.41, 5.74) is 0.626. The van der Waals surface area contributed by atoms with Crippen LogP contribution in [-0.2, 0) is 18.9 Å². The minimum atomic E-state index is -0.704. The van der Waals surface area contributed by atoms with Gasteiger partial charge in [0.15, 0.2) is 0 Å². The zero-order valence-corrected chi connectivity index (χ0v) is 19.5. The quantitative estimate of drug-likeness (QED) is 0.424. The lowest BCUT2D eigenvalue weighted by atomic mass is 10.2. The zero-order chi connectivity index (χ0) is 24.1. The second kappa shape index (κ2) is 10.2. The number of aromatic hydroxyl groups is 1. The van der Waals surface area contributed by atoms with Crippen molar-refractivity contribution in [3.63, 3.8) is 0 Å². The summed E-state index contributed by atoms with van der Waals surface area (Å²) in [6.07, 6.45) is 0. The molecule has 0 atom stereocenters. The first-order valence-corrected chi connectivity index (χ1v) is 10.9. The van der Waals surface area contributed by atoms with Crippen molar-refractivity contribution in [2.24, 2.45) is 19.1 Å². The molecule has 0 unspecified atom stereocenters. The van der Waals surface area contributed by atoms with Gasteiger partial charge in [-0.1, -0.05) is 29.5 Å². The molecule has 1 heterocycles. The van der Waals surface area contributed by atoms with E-state index in [1.807, 2.05) is 19.1 Å². The first kappa shape index (κ1) is 23.9. The second-order valence-corrected chi connectivity index (χ2v) is 8.19. The van der Waals surface area contributed by atoms with Gasteiger partial charge in [-0.3, -0.25) is 18.7 Å². The summed E-state index contributed by atoms with van der Waals surface area (Å²) in [7, 11) is 4.22. The van der Waals surface area contributed by atoms with Crippen molar-refractivity contribution in [1.82, 2.24) is 9.13 Å². The van der Waals surface area contributed by atoms with Crippen LogP contribution in [0.25, 0.3) is 0 Å². The van der Waals surface area contributed by atoms with Crippen LogP contribution in [0.5, 0.6) is 11.6 Å². The number of carbonyl (C=O) groups is 1. The van der Waals surface area contributed by atoms with Crippen molar-refractivity contribution in [3.05, 3.63) is 80.5 Å². The summed E-state index contributed by atoms with van der Waals surface area (Å²) in [6, 6.07) is 14.1. The van der Waals surface area contributed by atoms with E-state index >= 15 is 0 Å². The number of amides is 1. The highest BCUT2D eigenvalue weighted by molar-refractivity contribution is 8.15. The Bertz CT molecular complexity index is 1310. The average Bonchev–Trinajstić information content (AvgIpc) is 2.81. The third-order valence-corrected chi connectivity index (χ3v) is 5.80. The summed E-state index contributed by atoms with van der Waals surface area (Å²) in [4.78, 5) is 42.0. The number of hydrogen-bond donors (Lipinski definition) is 2. The van der Waals surface area contributed by atoms with E-state index in [2.05, 4.69) is 10.3 Å². The number of aliphatic imine (C=N–C) groups is 1. The molecule has 9 nitrogen and oxygen atoms in total. The Kier molecular flexibility index (Phi) is 7.39. The Morgan fingerprint density at radius 3 is 2.30 bits per heavy atom. The number of thioether (sulfide) groups is 1. The molecule has 0 aliphatic heterocycles. The Hall–Kier alpha value is -3.79. The van der Waals surface area contributed by atoms with Crippen molar-refractivity contribution in [2.45, 2.75) is 6.92 Å². The van der Waals surface area contributed by atoms with Gasteiger partial charge in [0.2, 0.25) is 11.8 Å². The van der Waals surface area contributed by atoms with Crippen LogP contribution < -0.4 is 21.3 Å². The molecule has 0 spiro atoms. The molecule has 0 aliphatic carbocycles. The molecule has 2 N–H and O–H groups in total. The van der Waals surface area contributed by atoms with Gasteiger partial charge in [-0.05, 0) is 43.3 Å². The highest BCUT2D eigenvalue weighted by Crippen LogP contribution is 2.24. The van der Waals surface area contributed by atoms with E-state index in [0.29, 0.717) is 17.1 Å². The number of aryl methyl sites for hydroxylation is 1. The van der Waals surface area contributed by atoms with Crippen LogP contribution in [0.2, 0.25) is 0 Å². The summed E-state index contributed by atoms with van der Waals surface area (Å²) in [6.45, 7) is 1.93. The molecule has 0 radical (unpaired) electrons. The molecule has 0 fully saturated rings. The summed E-state index contributed by atoms with van der Waals surface area (Å²) in [5, 5.41) is 13.5. The molecular weight excluding hydrogens is 444 g/mol. The lowest BCUT2D eigenvalue weighted by Gasteiger charge is -2.12. The van der Waals surface area contributed by atoms with Crippen LogP contribution in [-0.4, -0.2) is 38.1 Å². The van der Waals surface area contributed by atoms with Crippen molar-refractivity contribution < 1.29 is 14.6 Å². The highest BCUT2D eigenvalue weighted by Gasteiger charge is 2.22. The maximum atomic E-state index is 12.8. The molecule has 0 bridgehead atoms. The largest absolute Gasteiger partial charge is 0.497 e. The van der Waals surface area contributed by atoms with Crippen LogP contribution in [0, 0.1) is 6.92 Å². The SMILES string of the molecule is COc1ccc(NC(=O)CSC(=Nc2ccc(C)cc2)c2c(O)n(C)c(=O)n(C)c2=O)cc1. The third-order valence-electron chi connectivity index (χ3n) is 4.83. The molecular formula is C23H24N4O5S. The number of rotatable bonds is 6. The van der Waals surface area contributed by atoms with E-state index in [9.17, 15) is 19.5 Å². The van der Waals surface area contributed by atoms with Gasteiger partial charge in [-0.15, -0.1) is 0 Å². The standard InChI is InChI=1S/C23H24N4O5S/c1-14-5-7-16(8-6-14)25-20(19-21(29)26(2)23(31)27(3)22(19)30)33-13-18(28)24-15-9-11-17(32-4)12-10-15/h5-12,29H,13H2,1-4H3,(H,24,28). The molecule has 1 aromatic heterocycles. The van der Waals surface area contributed by atoms with Crippen LogP contribution in [0.4, 0.5) is 11.4 Å². The zero-order valence-electron chi connectivity index (χ0n) is 18.7. The maximum absolute atomic E-state index is 12.8. The fourth-order valence-electron chi connectivity index (χ4n) is 2.92. The minimum absolute atomic E-state index is 0.0812. The lowest BCUT2D eigenvalue weighted by molar-refractivity contribution is -0.113. The molecule has 1 amide bonds. The van der Waals surface area contributed by atoms with E-state index in [1.165, 1.54) is 14.1 Å². The van der Waals surface area contributed by atoms with E-state index in [-0.39, 0.29) is 22.3 Å². The number of hydrogen-bond acceptors (Lipinski definition) is 7. The second-order valence-electron chi connectivity index (χ2n) is 7.22. The first-order chi connectivity index (χ1) is 15.7. The third kappa shape index (κ3) is 5.53. The van der Waals surface area contributed by atoms with Gasteiger partial charge in [0, 0.05) is 19.8 Å². The number of nitrogens with zero attached hydrogens (tertiary/aromatic N) is 3. The number of benzene rings is 2. The first-order valence-electron chi connectivity index (χ1n) is 9.92. The van der Waals surface area contributed by atoms with Crippen molar-refractivity contribution in [2.75, 3.05) is 18.2 Å². The van der Waals surface area contributed by atoms with E-state index < -0.39 is 17.1 Å². The van der Waals surface area contributed by atoms with Gasteiger partial charge in [0.1, 0.15) is 16.4 Å². The van der Waals surface area contributed by atoms with Gasteiger partial charge in [-0.25, -0.2) is 9.79 Å². The maximum Gasteiger partial charge on any atom is 0.333 e. The van der Waals surface area contributed by atoms with Gasteiger partial charge >= 0.3 is 5.69 Å². The summed E-state index contributed by atoms with van der Waals surface area (Å²) < 4.78 is 6.95. The van der Waals surface area contributed by atoms with E-state index in [4.69, 9.17) is 4.74 Å². The Labute approximate surface area is 194 Å². The fourth-order valence-corrected chi connectivity index (χ4v) is 3.76. The Balaban J connectivity index is 1.93. The van der Waals surface area contributed by atoms with E-state index in [0.717, 1.165) is 26.5 Å². The summed E-state index contributed by atoms with van der Waals surface area (Å²) >= 11 is 0.985.